The Hall–Kier alpha value is -2.64. The molecule has 21 heavy (non-hydrogen) atoms. The number of aromatic nitrogens is 2. The number of aryl methyl sites for hydroxylation is 1. The Balaban J connectivity index is 2.11. The van der Waals surface area contributed by atoms with Gasteiger partial charge < -0.3 is 11.1 Å². The highest BCUT2D eigenvalue weighted by Crippen LogP contribution is 2.29. The number of rotatable bonds is 2. The molecule has 1 heterocycles. The highest BCUT2D eigenvalue weighted by Gasteiger charge is 2.29. The monoisotopic (exact) mass is 295 g/mol. The molecule has 0 bridgehead atoms. The molecule has 0 amide bonds. The zero-order valence-electron chi connectivity index (χ0n) is 11.0. The lowest BCUT2D eigenvalue weighted by Gasteiger charge is -2.08. The van der Waals surface area contributed by atoms with Crippen molar-refractivity contribution in [1.29, 1.82) is 0 Å². The summed E-state index contributed by atoms with van der Waals surface area (Å²) >= 11 is 0. The second-order valence-electron chi connectivity index (χ2n) is 4.20. The molecule has 2 rings (SSSR count). The maximum absolute atomic E-state index is 12.4. The SMILES string of the molecule is Cc1ccnc(/N=C(\N)Nc2ccc(C(F)(F)F)cc2)n1. The van der Waals surface area contributed by atoms with Gasteiger partial charge in [0.2, 0.25) is 5.96 Å². The van der Waals surface area contributed by atoms with Crippen molar-refractivity contribution in [3.8, 4) is 0 Å². The molecule has 0 aliphatic rings. The first kappa shape index (κ1) is 14.8. The number of benzene rings is 1. The van der Waals surface area contributed by atoms with Crippen molar-refractivity contribution in [2.24, 2.45) is 10.7 Å². The molecule has 0 aliphatic carbocycles. The standard InChI is InChI=1S/C13H12F3N5/c1-8-6-7-18-12(19-8)21-11(17)20-10-4-2-9(3-5-10)13(14,15)16/h2-7H,1H3,(H3,17,18,19,20,21). The van der Waals surface area contributed by atoms with Crippen molar-refractivity contribution < 1.29 is 13.2 Å². The van der Waals surface area contributed by atoms with Crippen molar-refractivity contribution in [1.82, 2.24) is 9.97 Å². The molecule has 0 unspecified atom stereocenters. The van der Waals surface area contributed by atoms with Gasteiger partial charge in [-0.2, -0.15) is 18.2 Å². The largest absolute Gasteiger partial charge is 0.416 e. The number of alkyl halides is 3. The maximum Gasteiger partial charge on any atom is 0.416 e. The minimum atomic E-state index is -4.37. The molecular formula is C13H12F3N5. The zero-order chi connectivity index (χ0) is 15.5. The lowest BCUT2D eigenvalue weighted by Crippen LogP contribution is -2.22. The van der Waals surface area contributed by atoms with Crippen LogP contribution < -0.4 is 11.1 Å². The fraction of sp³-hybridized carbons (Fsp3) is 0.154. The molecule has 0 radical (unpaired) electrons. The second-order valence-corrected chi connectivity index (χ2v) is 4.20. The molecule has 3 N–H and O–H groups in total. The van der Waals surface area contributed by atoms with Crippen LogP contribution in [0.3, 0.4) is 0 Å². The molecule has 0 atom stereocenters. The Morgan fingerprint density at radius 1 is 1.19 bits per heavy atom. The van der Waals surface area contributed by atoms with E-state index in [-0.39, 0.29) is 11.9 Å². The van der Waals surface area contributed by atoms with E-state index in [9.17, 15) is 13.2 Å². The molecule has 5 nitrogen and oxygen atoms in total. The highest BCUT2D eigenvalue weighted by molar-refractivity contribution is 5.93. The quantitative estimate of drug-likeness (QED) is 0.660. The van der Waals surface area contributed by atoms with E-state index in [0.717, 1.165) is 17.8 Å². The number of aliphatic imine (C=N–C) groups is 1. The van der Waals surface area contributed by atoms with E-state index >= 15 is 0 Å². The molecule has 0 aliphatic heterocycles. The fourth-order valence-corrected chi connectivity index (χ4v) is 1.52. The molecule has 8 heteroatoms. The van der Waals surface area contributed by atoms with Crippen molar-refractivity contribution in [2.75, 3.05) is 5.32 Å². The summed E-state index contributed by atoms with van der Waals surface area (Å²) in [4.78, 5) is 11.9. The van der Waals surface area contributed by atoms with E-state index in [1.165, 1.54) is 18.3 Å². The highest BCUT2D eigenvalue weighted by atomic mass is 19.4. The summed E-state index contributed by atoms with van der Waals surface area (Å²) in [5, 5.41) is 2.67. The number of nitrogens with one attached hydrogen (secondary N) is 1. The van der Waals surface area contributed by atoms with Crippen molar-refractivity contribution in [2.45, 2.75) is 13.1 Å². The van der Waals surface area contributed by atoms with Crippen LogP contribution in [0.4, 0.5) is 24.8 Å². The van der Waals surface area contributed by atoms with Crippen molar-refractivity contribution >= 4 is 17.6 Å². The Labute approximate surface area is 118 Å². The lowest BCUT2D eigenvalue weighted by molar-refractivity contribution is -0.137. The van der Waals surface area contributed by atoms with Gasteiger partial charge in [-0.05, 0) is 37.3 Å². The third-order valence-corrected chi connectivity index (χ3v) is 2.49. The van der Waals surface area contributed by atoms with Crippen LogP contribution in [-0.2, 0) is 6.18 Å². The normalized spacial score (nSPS) is 12.3. The molecule has 0 spiro atoms. The number of halogens is 3. The van der Waals surface area contributed by atoms with Crippen LogP contribution in [0.1, 0.15) is 11.3 Å². The zero-order valence-corrected chi connectivity index (χ0v) is 11.0. The van der Waals surface area contributed by atoms with Crippen molar-refractivity contribution in [3.63, 3.8) is 0 Å². The van der Waals surface area contributed by atoms with Crippen LogP contribution in [0.15, 0.2) is 41.5 Å². The Morgan fingerprint density at radius 3 is 2.43 bits per heavy atom. The summed E-state index contributed by atoms with van der Waals surface area (Å²) in [5.41, 5.74) is 6.03. The van der Waals surface area contributed by atoms with Gasteiger partial charge in [0.1, 0.15) is 0 Å². The molecule has 110 valence electrons. The average molecular weight is 295 g/mol. The van der Waals surface area contributed by atoms with Gasteiger partial charge in [0.05, 0.1) is 5.56 Å². The van der Waals surface area contributed by atoms with Crippen LogP contribution >= 0.6 is 0 Å². The smallest absolute Gasteiger partial charge is 0.369 e. The Bertz CT molecular complexity index is 650. The third-order valence-electron chi connectivity index (χ3n) is 2.49. The van der Waals surface area contributed by atoms with E-state index in [4.69, 9.17) is 5.73 Å². The number of hydrogen-bond donors (Lipinski definition) is 2. The van der Waals surface area contributed by atoms with Gasteiger partial charge in [-0.25, -0.2) is 9.97 Å². The topological polar surface area (TPSA) is 76.2 Å². The fourth-order valence-electron chi connectivity index (χ4n) is 1.52. The van der Waals surface area contributed by atoms with Gasteiger partial charge in [0.15, 0.2) is 0 Å². The van der Waals surface area contributed by atoms with Gasteiger partial charge in [-0.3, -0.25) is 0 Å². The number of nitrogens with zero attached hydrogens (tertiary/aromatic N) is 3. The van der Waals surface area contributed by atoms with Crippen LogP contribution in [0.2, 0.25) is 0 Å². The lowest BCUT2D eigenvalue weighted by atomic mass is 10.2. The minimum absolute atomic E-state index is 0.0136. The van der Waals surface area contributed by atoms with Gasteiger partial charge >= 0.3 is 6.18 Å². The number of guanidine groups is 1. The summed E-state index contributed by atoms with van der Waals surface area (Å²) in [6, 6.07) is 6.15. The van der Waals surface area contributed by atoms with Gasteiger partial charge in [0.25, 0.3) is 5.95 Å². The summed E-state index contributed by atoms with van der Waals surface area (Å²) in [6.45, 7) is 1.78. The number of anilines is 1. The number of hydrogen-bond acceptors (Lipinski definition) is 3. The summed E-state index contributed by atoms with van der Waals surface area (Å²) in [7, 11) is 0. The van der Waals surface area contributed by atoms with Crippen LogP contribution in [-0.4, -0.2) is 15.9 Å². The second kappa shape index (κ2) is 5.78. The summed E-state index contributed by atoms with van der Waals surface area (Å²) in [6.07, 6.45) is -2.83. The van der Waals surface area contributed by atoms with E-state index < -0.39 is 11.7 Å². The number of nitrogens with two attached hydrogens (primary N) is 1. The third kappa shape index (κ3) is 4.16. The molecule has 0 saturated carbocycles. The van der Waals surface area contributed by atoms with E-state index in [1.807, 2.05) is 0 Å². The van der Waals surface area contributed by atoms with Gasteiger partial charge in [0, 0.05) is 17.6 Å². The minimum Gasteiger partial charge on any atom is -0.369 e. The predicted octanol–water partition coefficient (Wildman–Crippen LogP) is 2.86. The molecule has 2 aromatic rings. The van der Waals surface area contributed by atoms with E-state index in [1.54, 1.807) is 13.0 Å². The molecule has 1 aromatic heterocycles. The van der Waals surface area contributed by atoms with Gasteiger partial charge in [-0.15, -0.1) is 0 Å². The molecule has 0 saturated heterocycles. The van der Waals surface area contributed by atoms with Crippen LogP contribution in [0.25, 0.3) is 0 Å². The van der Waals surface area contributed by atoms with Gasteiger partial charge in [-0.1, -0.05) is 0 Å². The molecule has 1 aromatic carbocycles. The Kier molecular flexibility index (Phi) is 4.06. The molecular weight excluding hydrogens is 283 g/mol. The van der Waals surface area contributed by atoms with Crippen molar-refractivity contribution in [3.05, 3.63) is 47.8 Å². The van der Waals surface area contributed by atoms with E-state index in [2.05, 4.69) is 20.3 Å². The maximum atomic E-state index is 12.4. The Morgan fingerprint density at radius 2 is 1.86 bits per heavy atom. The average Bonchev–Trinajstić information content (AvgIpc) is 2.38. The van der Waals surface area contributed by atoms with Crippen LogP contribution in [0.5, 0.6) is 0 Å². The first-order valence-electron chi connectivity index (χ1n) is 5.93. The van der Waals surface area contributed by atoms with E-state index in [0.29, 0.717) is 5.69 Å². The first-order chi connectivity index (χ1) is 9.84. The summed E-state index contributed by atoms with van der Waals surface area (Å²) in [5.74, 6) is 0.160. The predicted molar refractivity (Wildman–Crippen MR) is 73.1 cm³/mol. The summed E-state index contributed by atoms with van der Waals surface area (Å²) < 4.78 is 37.3. The first-order valence-corrected chi connectivity index (χ1v) is 5.93. The molecule has 0 fully saturated rings. The van der Waals surface area contributed by atoms with Crippen LogP contribution in [0, 0.1) is 6.92 Å².